The van der Waals surface area contributed by atoms with Crippen LogP contribution < -0.4 is 0 Å². The van der Waals surface area contributed by atoms with E-state index in [0.29, 0.717) is 6.54 Å². The lowest BCUT2D eigenvalue weighted by atomic mass is 10.3. The van der Waals surface area contributed by atoms with Gasteiger partial charge >= 0.3 is 5.97 Å². The van der Waals surface area contributed by atoms with Crippen LogP contribution in [0.5, 0.6) is 0 Å². The highest BCUT2D eigenvalue weighted by Gasteiger charge is 2.23. The van der Waals surface area contributed by atoms with Crippen molar-refractivity contribution in [3.05, 3.63) is 28.6 Å². The Hall–Kier alpha value is -2.24. The fraction of sp³-hybridized carbons (Fsp3) is 0.333. The van der Waals surface area contributed by atoms with Crippen LogP contribution in [0.1, 0.15) is 23.8 Å². The second-order valence-corrected chi connectivity index (χ2v) is 6.54. The van der Waals surface area contributed by atoms with Gasteiger partial charge in [-0.05, 0) is 18.4 Å². The molecule has 23 heavy (non-hydrogen) atoms. The standard InChI is InChI=1S/C15H15N3O3S2/c1-10(14(19)18(2)7-4-6-16)21-15(20)11-9-23-13(17-11)12-5-3-8-22-12/h3,5,8-10H,4,7H2,1-2H3/t10-/m0/s1. The normalized spacial score (nSPS) is 11.5. The lowest BCUT2D eigenvalue weighted by Gasteiger charge is -2.20. The maximum Gasteiger partial charge on any atom is 0.358 e. The predicted octanol–water partition coefficient (Wildman–Crippen LogP) is 2.79. The minimum atomic E-state index is -0.918. The summed E-state index contributed by atoms with van der Waals surface area (Å²) in [5.41, 5.74) is 0.192. The van der Waals surface area contributed by atoms with Crippen LogP contribution in [0.4, 0.5) is 0 Å². The fourth-order valence-corrected chi connectivity index (χ4v) is 3.39. The number of nitriles is 1. The van der Waals surface area contributed by atoms with Crippen LogP contribution in [0.2, 0.25) is 0 Å². The summed E-state index contributed by atoms with van der Waals surface area (Å²) in [4.78, 5) is 30.7. The zero-order chi connectivity index (χ0) is 16.8. The van der Waals surface area contributed by atoms with Gasteiger partial charge in [0.15, 0.2) is 11.8 Å². The van der Waals surface area contributed by atoms with Gasteiger partial charge in [0.2, 0.25) is 0 Å². The van der Waals surface area contributed by atoms with Crippen LogP contribution in [0.3, 0.4) is 0 Å². The number of likely N-dealkylation sites (N-methyl/N-ethyl adjacent to an activating group) is 1. The Morgan fingerprint density at radius 2 is 2.26 bits per heavy atom. The molecule has 0 spiro atoms. The first-order chi connectivity index (χ1) is 11.0. The topological polar surface area (TPSA) is 83.3 Å². The average molecular weight is 349 g/mol. The third-order valence-electron chi connectivity index (χ3n) is 3.01. The van der Waals surface area contributed by atoms with Crippen molar-refractivity contribution >= 4 is 34.6 Å². The van der Waals surface area contributed by atoms with Crippen LogP contribution in [0.15, 0.2) is 22.9 Å². The number of esters is 1. The van der Waals surface area contributed by atoms with Gasteiger partial charge in [-0.3, -0.25) is 4.79 Å². The van der Waals surface area contributed by atoms with Crippen molar-refractivity contribution in [3.8, 4) is 16.0 Å². The maximum atomic E-state index is 12.1. The summed E-state index contributed by atoms with van der Waals surface area (Å²) < 4.78 is 5.16. The number of hydrogen-bond donors (Lipinski definition) is 0. The van der Waals surface area contributed by atoms with Crippen molar-refractivity contribution in [2.45, 2.75) is 19.4 Å². The van der Waals surface area contributed by atoms with E-state index in [0.717, 1.165) is 9.88 Å². The predicted molar refractivity (Wildman–Crippen MR) is 88.2 cm³/mol. The van der Waals surface area contributed by atoms with Gasteiger partial charge in [-0.1, -0.05) is 6.07 Å². The Morgan fingerprint density at radius 3 is 2.91 bits per heavy atom. The van der Waals surface area contributed by atoms with Crippen molar-refractivity contribution < 1.29 is 14.3 Å². The van der Waals surface area contributed by atoms with E-state index in [-0.39, 0.29) is 18.0 Å². The second-order valence-electron chi connectivity index (χ2n) is 4.73. The number of rotatable bonds is 6. The van der Waals surface area contributed by atoms with Crippen molar-refractivity contribution in [1.29, 1.82) is 5.26 Å². The van der Waals surface area contributed by atoms with E-state index in [9.17, 15) is 9.59 Å². The molecule has 8 heteroatoms. The summed E-state index contributed by atoms with van der Waals surface area (Å²) in [5.74, 6) is -0.971. The molecule has 0 aromatic carbocycles. The summed E-state index contributed by atoms with van der Waals surface area (Å²) in [6.07, 6.45) is -0.683. The Kier molecular flexibility index (Phi) is 5.84. The van der Waals surface area contributed by atoms with E-state index in [2.05, 4.69) is 4.98 Å². The number of carbonyl (C=O) groups excluding carboxylic acids is 2. The van der Waals surface area contributed by atoms with Crippen LogP contribution >= 0.6 is 22.7 Å². The summed E-state index contributed by atoms with van der Waals surface area (Å²) >= 11 is 2.90. The van der Waals surface area contributed by atoms with Crippen molar-refractivity contribution in [3.63, 3.8) is 0 Å². The number of thiazole rings is 1. The van der Waals surface area contributed by atoms with E-state index in [1.807, 2.05) is 23.6 Å². The van der Waals surface area contributed by atoms with Gasteiger partial charge in [-0.15, -0.1) is 22.7 Å². The van der Waals surface area contributed by atoms with E-state index >= 15 is 0 Å². The van der Waals surface area contributed by atoms with E-state index in [4.69, 9.17) is 10.00 Å². The van der Waals surface area contributed by atoms with E-state index in [1.165, 1.54) is 23.2 Å². The Labute approximate surface area is 141 Å². The van der Waals surface area contributed by atoms with Crippen LogP contribution in [-0.4, -0.2) is 41.5 Å². The third kappa shape index (κ3) is 4.37. The molecule has 0 aliphatic rings. The number of thiophene rings is 1. The van der Waals surface area contributed by atoms with Gasteiger partial charge in [0.1, 0.15) is 5.01 Å². The molecule has 0 fully saturated rings. The summed E-state index contributed by atoms with van der Waals surface area (Å²) in [6.45, 7) is 1.81. The minimum absolute atomic E-state index is 0.192. The minimum Gasteiger partial charge on any atom is -0.448 e. The monoisotopic (exact) mass is 349 g/mol. The molecule has 6 nitrogen and oxygen atoms in total. The average Bonchev–Trinajstić information content (AvgIpc) is 3.21. The molecule has 0 saturated heterocycles. The lowest BCUT2D eigenvalue weighted by molar-refractivity contribution is -0.138. The van der Waals surface area contributed by atoms with Gasteiger partial charge in [0.25, 0.3) is 5.91 Å². The van der Waals surface area contributed by atoms with Crippen molar-refractivity contribution in [2.75, 3.05) is 13.6 Å². The molecule has 2 aromatic heterocycles. The Balaban J connectivity index is 1.96. The number of hydrogen-bond acceptors (Lipinski definition) is 7. The zero-order valence-corrected chi connectivity index (χ0v) is 14.3. The molecule has 0 radical (unpaired) electrons. The highest BCUT2D eigenvalue weighted by molar-refractivity contribution is 7.20. The number of ether oxygens (including phenoxy) is 1. The molecule has 2 aromatic rings. The molecule has 0 aliphatic carbocycles. The molecule has 2 rings (SSSR count). The molecule has 0 N–H and O–H groups in total. The van der Waals surface area contributed by atoms with Gasteiger partial charge in [-0.25, -0.2) is 9.78 Å². The summed E-state index contributed by atoms with van der Waals surface area (Å²) in [7, 11) is 1.57. The largest absolute Gasteiger partial charge is 0.448 e. The molecular weight excluding hydrogens is 334 g/mol. The summed E-state index contributed by atoms with van der Waals surface area (Å²) in [6, 6.07) is 5.81. The molecule has 2 heterocycles. The van der Waals surface area contributed by atoms with E-state index in [1.54, 1.807) is 23.8 Å². The first-order valence-corrected chi connectivity index (χ1v) is 8.61. The zero-order valence-electron chi connectivity index (χ0n) is 12.7. The first kappa shape index (κ1) is 17.1. The maximum absolute atomic E-state index is 12.1. The van der Waals surface area contributed by atoms with Crippen LogP contribution in [0.25, 0.3) is 9.88 Å². The number of aromatic nitrogens is 1. The Bertz CT molecular complexity index is 719. The summed E-state index contributed by atoms with van der Waals surface area (Å²) in [5, 5.41) is 12.8. The van der Waals surface area contributed by atoms with Crippen LogP contribution in [-0.2, 0) is 9.53 Å². The molecule has 1 amide bonds. The highest BCUT2D eigenvalue weighted by Crippen LogP contribution is 2.28. The number of amides is 1. The van der Waals surface area contributed by atoms with Crippen molar-refractivity contribution in [2.24, 2.45) is 0 Å². The molecule has 0 aliphatic heterocycles. The van der Waals surface area contributed by atoms with Gasteiger partial charge in [0, 0.05) is 19.0 Å². The smallest absolute Gasteiger partial charge is 0.358 e. The van der Waals surface area contributed by atoms with Gasteiger partial charge in [-0.2, -0.15) is 5.26 Å². The second kappa shape index (κ2) is 7.85. The van der Waals surface area contributed by atoms with E-state index < -0.39 is 12.1 Å². The first-order valence-electron chi connectivity index (χ1n) is 6.85. The number of nitrogens with zero attached hydrogens (tertiary/aromatic N) is 3. The quantitative estimate of drug-likeness (QED) is 0.749. The lowest BCUT2D eigenvalue weighted by Crippen LogP contribution is -2.37. The molecule has 0 bridgehead atoms. The highest BCUT2D eigenvalue weighted by atomic mass is 32.1. The molecule has 120 valence electrons. The fourth-order valence-electron chi connectivity index (χ4n) is 1.79. The molecular formula is C15H15N3O3S2. The molecule has 1 atom stereocenters. The number of carbonyl (C=O) groups is 2. The van der Waals surface area contributed by atoms with Gasteiger partial charge < -0.3 is 9.64 Å². The third-order valence-corrected chi connectivity index (χ3v) is 4.89. The Morgan fingerprint density at radius 1 is 1.48 bits per heavy atom. The van der Waals surface area contributed by atoms with Crippen molar-refractivity contribution in [1.82, 2.24) is 9.88 Å². The molecule has 0 saturated carbocycles. The molecule has 0 unspecified atom stereocenters. The van der Waals surface area contributed by atoms with Gasteiger partial charge in [0.05, 0.1) is 17.4 Å². The van der Waals surface area contributed by atoms with Crippen LogP contribution in [0, 0.1) is 11.3 Å². The SMILES string of the molecule is C[C@H](OC(=O)c1csc(-c2cccs2)n1)C(=O)N(C)CCC#N.